The average molecular weight is 311 g/mol. The molecule has 1 saturated heterocycles. The molecule has 0 aliphatic carbocycles. The SMILES string of the molecule is CC1C(=O)NCCN1C(=O)CNC(=O)c1cc(F)cc(F)c1. The molecular formula is C14H15F2N3O3. The van der Waals surface area contributed by atoms with Crippen LogP contribution in [0.25, 0.3) is 0 Å². The fraction of sp³-hybridized carbons (Fsp3) is 0.357. The van der Waals surface area contributed by atoms with Crippen molar-refractivity contribution in [1.29, 1.82) is 0 Å². The topological polar surface area (TPSA) is 78.5 Å². The molecule has 1 aromatic carbocycles. The van der Waals surface area contributed by atoms with Gasteiger partial charge in [0.25, 0.3) is 5.91 Å². The van der Waals surface area contributed by atoms with E-state index in [9.17, 15) is 23.2 Å². The summed E-state index contributed by atoms with van der Waals surface area (Å²) in [6.45, 7) is 1.92. The lowest BCUT2D eigenvalue weighted by atomic mass is 10.2. The summed E-state index contributed by atoms with van der Waals surface area (Å²) in [7, 11) is 0. The van der Waals surface area contributed by atoms with Crippen molar-refractivity contribution in [3.8, 4) is 0 Å². The third-order valence-electron chi connectivity index (χ3n) is 3.34. The Morgan fingerprint density at radius 3 is 2.59 bits per heavy atom. The van der Waals surface area contributed by atoms with Crippen molar-refractivity contribution >= 4 is 17.7 Å². The van der Waals surface area contributed by atoms with E-state index < -0.39 is 29.5 Å². The maximum absolute atomic E-state index is 13.0. The standard InChI is InChI=1S/C14H15F2N3O3/c1-8-13(21)17-2-3-19(8)12(20)7-18-14(22)9-4-10(15)6-11(16)5-9/h4-6,8H,2-3,7H2,1H3,(H,17,21)(H,18,22). The first-order valence-corrected chi connectivity index (χ1v) is 6.70. The van der Waals surface area contributed by atoms with Crippen LogP contribution in [0, 0.1) is 11.6 Å². The second kappa shape index (κ2) is 6.50. The van der Waals surface area contributed by atoms with E-state index >= 15 is 0 Å². The zero-order chi connectivity index (χ0) is 16.3. The zero-order valence-electron chi connectivity index (χ0n) is 11.9. The number of hydrogen-bond donors (Lipinski definition) is 2. The lowest BCUT2D eigenvalue weighted by molar-refractivity contribution is -0.141. The molecule has 2 rings (SSSR count). The Morgan fingerprint density at radius 2 is 1.95 bits per heavy atom. The number of rotatable bonds is 3. The molecule has 1 aliphatic heterocycles. The van der Waals surface area contributed by atoms with E-state index in [0.717, 1.165) is 12.1 Å². The van der Waals surface area contributed by atoms with Crippen LogP contribution in [-0.2, 0) is 9.59 Å². The monoisotopic (exact) mass is 311 g/mol. The van der Waals surface area contributed by atoms with Crippen LogP contribution in [0.4, 0.5) is 8.78 Å². The molecule has 0 aromatic heterocycles. The summed E-state index contributed by atoms with van der Waals surface area (Å²) >= 11 is 0. The van der Waals surface area contributed by atoms with Crippen LogP contribution in [0.3, 0.4) is 0 Å². The molecule has 6 nitrogen and oxygen atoms in total. The molecule has 8 heteroatoms. The van der Waals surface area contributed by atoms with Crippen LogP contribution >= 0.6 is 0 Å². The fourth-order valence-electron chi connectivity index (χ4n) is 2.17. The summed E-state index contributed by atoms with van der Waals surface area (Å²) in [6, 6.07) is 1.78. The van der Waals surface area contributed by atoms with Crippen molar-refractivity contribution in [2.75, 3.05) is 19.6 Å². The molecule has 3 amide bonds. The molecule has 118 valence electrons. The number of nitrogens with one attached hydrogen (secondary N) is 2. The minimum atomic E-state index is -0.877. The second-order valence-electron chi connectivity index (χ2n) is 4.89. The first kappa shape index (κ1) is 15.9. The van der Waals surface area contributed by atoms with Gasteiger partial charge >= 0.3 is 0 Å². The van der Waals surface area contributed by atoms with Crippen molar-refractivity contribution in [2.45, 2.75) is 13.0 Å². The Kier molecular flexibility index (Phi) is 4.69. The molecule has 1 aromatic rings. The third-order valence-corrected chi connectivity index (χ3v) is 3.34. The van der Waals surface area contributed by atoms with Gasteiger partial charge in [-0.1, -0.05) is 0 Å². The number of benzene rings is 1. The van der Waals surface area contributed by atoms with Crippen molar-refractivity contribution in [2.24, 2.45) is 0 Å². The first-order valence-electron chi connectivity index (χ1n) is 6.70. The van der Waals surface area contributed by atoms with E-state index in [4.69, 9.17) is 0 Å². The van der Waals surface area contributed by atoms with Crippen LogP contribution in [0.5, 0.6) is 0 Å². The largest absolute Gasteiger partial charge is 0.353 e. The highest BCUT2D eigenvalue weighted by molar-refractivity contribution is 5.97. The quantitative estimate of drug-likeness (QED) is 0.827. The highest BCUT2D eigenvalue weighted by Gasteiger charge is 2.29. The van der Waals surface area contributed by atoms with Gasteiger partial charge in [-0.15, -0.1) is 0 Å². The Morgan fingerprint density at radius 1 is 1.32 bits per heavy atom. The highest BCUT2D eigenvalue weighted by Crippen LogP contribution is 2.08. The zero-order valence-corrected chi connectivity index (χ0v) is 11.9. The van der Waals surface area contributed by atoms with Crippen LogP contribution in [0.1, 0.15) is 17.3 Å². The predicted octanol–water partition coefficient (Wildman–Crippen LogP) is 0.0415. The van der Waals surface area contributed by atoms with Crippen molar-refractivity contribution in [3.63, 3.8) is 0 Å². The van der Waals surface area contributed by atoms with Gasteiger partial charge in [0.1, 0.15) is 17.7 Å². The van der Waals surface area contributed by atoms with E-state index in [1.54, 1.807) is 6.92 Å². The van der Waals surface area contributed by atoms with Gasteiger partial charge in [-0.25, -0.2) is 8.78 Å². The van der Waals surface area contributed by atoms with E-state index in [0.29, 0.717) is 19.2 Å². The van der Waals surface area contributed by atoms with Crippen LogP contribution in [0.2, 0.25) is 0 Å². The van der Waals surface area contributed by atoms with Gasteiger partial charge in [-0.2, -0.15) is 0 Å². The number of piperazine rings is 1. The van der Waals surface area contributed by atoms with Crippen LogP contribution in [0.15, 0.2) is 18.2 Å². The summed E-state index contributed by atoms with van der Waals surface area (Å²) in [5.41, 5.74) is -0.213. The minimum Gasteiger partial charge on any atom is -0.353 e. The third kappa shape index (κ3) is 3.57. The molecule has 1 heterocycles. The Hall–Kier alpha value is -2.51. The first-order chi connectivity index (χ1) is 10.4. The lowest BCUT2D eigenvalue weighted by Crippen LogP contribution is -2.57. The van der Waals surface area contributed by atoms with Crippen molar-refractivity contribution in [1.82, 2.24) is 15.5 Å². The molecule has 0 bridgehead atoms. The van der Waals surface area contributed by atoms with Gasteiger partial charge in [0.2, 0.25) is 11.8 Å². The predicted molar refractivity (Wildman–Crippen MR) is 72.9 cm³/mol. The van der Waals surface area contributed by atoms with Crippen LogP contribution in [-0.4, -0.2) is 48.3 Å². The maximum atomic E-state index is 13.0. The molecule has 2 N–H and O–H groups in total. The van der Waals surface area contributed by atoms with Gasteiger partial charge in [0.05, 0.1) is 6.54 Å². The van der Waals surface area contributed by atoms with Crippen molar-refractivity contribution < 1.29 is 23.2 Å². The van der Waals surface area contributed by atoms with Gasteiger partial charge < -0.3 is 15.5 Å². The summed E-state index contributed by atoms with van der Waals surface area (Å²) in [6.07, 6.45) is 0. The number of amides is 3. The number of nitrogens with zero attached hydrogens (tertiary/aromatic N) is 1. The molecule has 0 radical (unpaired) electrons. The fourth-order valence-corrected chi connectivity index (χ4v) is 2.17. The molecule has 1 aliphatic rings. The molecule has 1 unspecified atom stereocenters. The minimum absolute atomic E-state index is 0.213. The Bertz CT molecular complexity index is 601. The second-order valence-corrected chi connectivity index (χ2v) is 4.89. The number of carbonyl (C=O) groups is 3. The molecular weight excluding hydrogens is 296 g/mol. The Labute approximate surface area is 125 Å². The number of halogens is 2. The summed E-state index contributed by atoms with van der Waals surface area (Å²) in [4.78, 5) is 36.6. The molecule has 1 fully saturated rings. The van der Waals surface area contributed by atoms with Crippen LogP contribution < -0.4 is 10.6 Å². The van der Waals surface area contributed by atoms with Gasteiger partial charge in [-0.05, 0) is 19.1 Å². The summed E-state index contributed by atoms with van der Waals surface area (Å²) in [5, 5.41) is 4.91. The molecule has 0 saturated carbocycles. The van der Waals surface area contributed by atoms with Gasteiger partial charge in [0, 0.05) is 24.7 Å². The summed E-state index contributed by atoms with van der Waals surface area (Å²) in [5.74, 6) is -3.22. The summed E-state index contributed by atoms with van der Waals surface area (Å²) < 4.78 is 26.1. The Balaban J connectivity index is 1.95. The molecule has 0 spiro atoms. The smallest absolute Gasteiger partial charge is 0.251 e. The molecule has 22 heavy (non-hydrogen) atoms. The van der Waals surface area contributed by atoms with Gasteiger partial charge in [-0.3, -0.25) is 14.4 Å². The van der Waals surface area contributed by atoms with E-state index in [-0.39, 0.29) is 18.0 Å². The van der Waals surface area contributed by atoms with Crippen molar-refractivity contribution in [3.05, 3.63) is 35.4 Å². The molecule has 1 atom stereocenters. The number of hydrogen-bond acceptors (Lipinski definition) is 3. The number of carbonyl (C=O) groups excluding carboxylic acids is 3. The van der Waals surface area contributed by atoms with E-state index in [2.05, 4.69) is 10.6 Å². The highest BCUT2D eigenvalue weighted by atomic mass is 19.1. The average Bonchev–Trinajstić information content (AvgIpc) is 2.46. The lowest BCUT2D eigenvalue weighted by Gasteiger charge is -2.32. The van der Waals surface area contributed by atoms with E-state index in [1.807, 2.05) is 0 Å². The van der Waals surface area contributed by atoms with E-state index in [1.165, 1.54) is 4.90 Å². The normalized spacial score (nSPS) is 17.9. The maximum Gasteiger partial charge on any atom is 0.251 e. The van der Waals surface area contributed by atoms with Gasteiger partial charge in [0.15, 0.2) is 0 Å².